The van der Waals surface area contributed by atoms with Gasteiger partial charge in [-0.1, -0.05) is 5.16 Å². The molecular formula is C26H23F3N6O7. The number of hydrogen-bond acceptors (Lipinski definition) is 10. The van der Waals surface area contributed by atoms with E-state index in [1.807, 2.05) is 0 Å². The summed E-state index contributed by atoms with van der Waals surface area (Å²) in [6.45, 7) is 1.17. The number of phenols is 1. The summed E-state index contributed by atoms with van der Waals surface area (Å²) >= 11 is 0. The molecule has 0 bridgehead atoms. The number of carbonyl (C=O) groups excluding carboxylic acids is 2. The zero-order valence-corrected chi connectivity index (χ0v) is 21.7. The van der Waals surface area contributed by atoms with Gasteiger partial charge < -0.3 is 34.0 Å². The van der Waals surface area contributed by atoms with Gasteiger partial charge in [0.1, 0.15) is 23.9 Å². The van der Waals surface area contributed by atoms with E-state index in [1.165, 1.54) is 46.1 Å². The van der Waals surface area contributed by atoms with Gasteiger partial charge in [0.2, 0.25) is 5.65 Å². The van der Waals surface area contributed by atoms with E-state index in [9.17, 15) is 33.0 Å². The number of piperazine rings is 1. The van der Waals surface area contributed by atoms with Crippen LogP contribution in [0.2, 0.25) is 0 Å². The second-order valence-electron chi connectivity index (χ2n) is 9.75. The molecular weight excluding hydrogens is 565 g/mol. The third-order valence-corrected chi connectivity index (χ3v) is 7.05. The van der Waals surface area contributed by atoms with Crippen LogP contribution in [0.1, 0.15) is 22.5 Å². The Balaban J connectivity index is 1.15. The van der Waals surface area contributed by atoms with E-state index in [-0.39, 0.29) is 85.0 Å². The maximum atomic E-state index is 13.3. The van der Waals surface area contributed by atoms with Gasteiger partial charge in [-0.25, -0.2) is 9.97 Å². The summed E-state index contributed by atoms with van der Waals surface area (Å²) in [5.74, 6) is -0.986. The summed E-state index contributed by atoms with van der Waals surface area (Å²) in [4.78, 5) is 37.0. The van der Waals surface area contributed by atoms with E-state index in [0.717, 1.165) is 6.26 Å². The topological polar surface area (TPSA) is 156 Å². The van der Waals surface area contributed by atoms with E-state index < -0.39 is 30.0 Å². The minimum Gasteiger partial charge on any atom is -0.507 e. The molecule has 2 aliphatic rings. The Kier molecular flexibility index (Phi) is 6.94. The Hall–Kier alpha value is -4.70. The van der Waals surface area contributed by atoms with Crippen molar-refractivity contribution >= 4 is 17.5 Å². The van der Waals surface area contributed by atoms with Gasteiger partial charge in [0.25, 0.3) is 17.7 Å². The Morgan fingerprint density at radius 1 is 1.10 bits per heavy atom. The molecule has 2 N–H and O–H groups in total. The highest BCUT2D eigenvalue weighted by Gasteiger charge is 2.39. The molecule has 0 unspecified atom stereocenters. The van der Waals surface area contributed by atoms with Crippen molar-refractivity contribution < 1.29 is 47.0 Å². The van der Waals surface area contributed by atoms with Crippen LogP contribution in [-0.2, 0) is 15.7 Å². The van der Waals surface area contributed by atoms with E-state index in [4.69, 9.17) is 9.47 Å². The van der Waals surface area contributed by atoms with Crippen LogP contribution in [0.25, 0.3) is 16.9 Å². The summed E-state index contributed by atoms with van der Waals surface area (Å²) in [7, 11) is 0. The molecule has 0 aliphatic carbocycles. The van der Waals surface area contributed by atoms with Crippen molar-refractivity contribution in [1.29, 1.82) is 0 Å². The number of alkyl halides is 3. The van der Waals surface area contributed by atoms with Crippen LogP contribution < -0.4 is 4.74 Å². The number of hydrogen-bond donors (Lipinski definition) is 2. The number of imidazole rings is 1. The van der Waals surface area contributed by atoms with Gasteiger partial charge in [0.15, 0.2) is 5.69 Å². The predicted octanol–water partition coefficient (Wildman–Crippen LogP) is 2.34. The molecule has 0 saturated carbocycles. The molecule has 220 valence electrons. The number of aromatic nitrogens is 4. The molecule has 0 radical (unpaired) electrons. The number of halogens is 3. The first-order valence-electron chi connectivity index (χ1n) is 12.8. The van der Waals surface area contributed by atoms with Crippen molar-refractivity contribution in [1.82, 2.24) is 29.3 Å². The number of amides is 2. The van der Waals surface area contributed by atoms with Crippen LogP contribution in [0.4, 0.5) is 13.2 Å². The lowest BCUT2D eigenvalue weighted by Gasteiger charge is -2.35. The minimum absolute atomic E-state index is 0.0192. The minimum atomic E-state index is -4.74. The Morgan fingerprint density at radius 2 is 1.86 bits per heavy atom. The fourth-order valence-electron chi connectivity index (χ4n) is 4.94. The Bertz CT molecular complexity index is 1650. The van der Waals surface area contributed by atoms with Crippen LogP contribution in [-0.4, -0.2) is 96.3 Å². The second-order valence-corrected chi connectivity index (χ2v) is 9.75. The first kappa shape index (κ1) is 27.5. The first-order valence-corrected chi connectivity index (χ1v) is 12.8. The molecule has 2 amide bonds. The van der Waals surface area contributed by atoms with Crippen molar-refractivity contribution in [3.63, 3.8) is 0 Å². The number of phenolic OH excluding ortho intramolecular Hbond substituents is 1. The molecule has 2 atom stereocenters. The zero-order chi connectivity index (χ0) is 29.6. The summed E-state index contributed by atoms with van der Waals surface area (Å²) in [6, 6.07) is 4.03. The van der Waals surface area contributed by atoms with E-state index in [1.54, 1.807) is 4.90 Å². The number of carbonyl (C=O) groups is 2. The number of fused-ring (bicyclic) bond motifs is 1. The fourth-order valence-corrected chi connectivity index (χ4v) is 4.94. The highest BCUT2D eigenvalue weighted by molar-refractivity contribution is 5.97. The molecule has 2 saturated heterocycles. The first-order chi connectivity index (χ1) is 20.1. The highest BCUT2D eigenvalue weighted by atomic mass is 19.4. The maximum absolute atomic E-state index is 13.3. The molecule has 2 aliphatic heterocycles. The lowest BCUT2D eigenvalue weighted by molar-refractivity contribution is -0.143. The number of ether oxygens (including phenoxy) is 2. The van der Waals surface area contributed by atoms with Gasteiger partial charge >= 0.3 is 6.18 Å². The number of aliphatic hydroxyl groups is 1. The van der Waals surface area contributed by atoms with Gasteiger partial charge in [-0.05, 0) is 12.1 Å². The van der Waals surface area contributed by atoms with Gasteiger partial charge in [-0.3, -0.25) is 14.0 Å². The van der Waals surface area contributed by atoms with E-state index in [2.05, 4.69) is 19.6 Å². The number of nitrogens with zero attached hydrogens (tertiary/aromatic N) is 6. The number of aromatic hydroxyl groups is 1. The molecule has 4 aromatic rings. The third kappa shape index (κ3) is 5.09. The van der Waals surface area contributed by atoms with E-state index >= 15 is 0 Å². The van der Waals surface area contributed by atoms with Gasteiger partial charge in [-0.15, -0.1) is 0 Å². The number of aliphatic hydroxyl groups excluding tert-OH is 1. The lowest BCUT2D eigenvalue weighted by atomic mass is 10.1. The maximum Gasteiger partial charge on any atom is 0.437 e. The molecule has 16 heteroatoms. The normalized spacial score (nSPS) is 19.4. The Labute approximate surface area is 234 Å². The molecule has 5 heterocycles. The molecule has 1 aromatic carbocycles. The van der Waals surface area contributed by atoms with Gasteiger partial charge in [0, 0.05) is 51.1 Å². The zero-order valence-electron chi connectivity index (χ0n) is 21.7. The molecule has 6 rings (SSSR count). The van der Waals surface area contributed by atoms with Gasteiger partial charge in [0.05, 0.1) is 35.7 Å². The fraction of sp³-hybridized carbons (Fsp3) is 0.346. The Morgan fingerprint density at radius 3 is 2.55 bits per heavy atom. The number of rotatable bonds is 5. The average molecular weight is 588 g/mol. The van der Waals surface area contributed by atoms with Crippen LogP contribution in [0.3, 0.4) is 0 Å². The van der Waals surface area contributed by atoms with Crippen LogP contribution in [0.15, 0.2) is 47.6 Å². The summed E-state index contributed by atoms with van der Waals surface area (Å²) in [6.07, 6.45) is -1.08. The second kappa shape index (κ2) is 10.6. The van der Waals surface area contributed by atoms with Crippen molar-refractivity contribution in [2.75, 3.05) is 32.8 Å². The summed E-state index contributed by atoms with van der Waals surface area (Å²) in [5, 5.41) is 23.3. The van der Waals surface area contributed by atoms with Crippen molar-refractivity contribution in [3.8, 4) is 28.6 Å². The molecule has 42 heavy (non-hydrogen) atoms. The third-order valence-electron chi connectivity index (χ3n) is 7.05. The monoisotopic (exact) mass is 588 g/mol. The lowest BCUT2D eigenvalue weighted by Crippen LogP contribution is -2.52. The van der Waals surface area contributed by atoms with Crippen LogP contribution >= 0.6 is 0 Å². The number of benzene rings is 1. The van der Waals surface area contributed by atoms with Crippen molar-refractivity contribution in [3.05, 3.63) is 54.3 Å². The quantitative estimate of drug-likeness (QED) is 0.355. The van der Waals surface area contributed by atoms with Crippen molar-refractivity contribution in [2.45, 2.75) is 24.8 Å². The molecule has 0 spiro atoms. The van der Waals surface area contributed by atoms with Crippen LogP contribution in [0, 0.1) is 0 Å². The largest absolute Gasteiger partial charge is 0.507 e. The molecule has 3 aromatic heterocycles. The smallest absolute Gasteiger partial charge is 0.437 e. The molecule has 13 nitrogen and oxygen atoms in total. The molecule has 2 fully saturated rings. The standard InChI is InChI=1S/C26H23F3N6O7/c27-26(28,29)21-17(13-41-32-21)18-11-31-22-23(30-3-4-35(18)22)42-15-1-2-16(19(37)10-15)24(38)33-5-7-34(8-6-33)25(39)20-9-14(36)12-40-20/h1-4,10-11,13-14,20,36-37H,5-9,12H2/t14-,20+/m0/s1. The average Bonchev–Trinajstić information content (AvgIpc) is 3.72. The predicted molar refractivity (Wildman–Crippen MR) is 135 cm³/mol. The van der Waals surface area contributed by atoms with Crippen LogP contribution in [0.5, 0.6) is 17.4 Å². The SMILES string of the molecule is O=C(c1ccc(Oc2nccn3c(-c4conc4C(F)(F)F)cnc23)cc1O)N1CCN(C(=O)[C@H]2C[C@H](O)CO2)CC1. The summed E-state index contributed by atoms with van der Waals surface area (Å²) in [5.41, 5.74) is -1.37. The van der Waals surface area contributed by atoms with Gasteiger partial charge in [-0.2, -0.15) is 13.2 Å². The van der Waals surface area contributed by atoms with E-state index in [0.29, 0.717) is 0 Å². The highest BCUT2D eigenvalue weighted by Crippen LogP contribution is 2.37. The summed E-state index contributed by atoms with van der Waals surface area (Å²) < 4.78 is 57.0. The van der Waals surface area contributed by atoms with Crippen molar-refractivity contribution in [2.24, 2.45) is 0 Å².